The Morgan fingerprint density at radius 2 is 1.89 bits per heavy atom. The predicted octanol–water partition coefficient (Wildman–Crippen LogP) is 4.43. The van der Waals surface area contributed by atoms with Crippen molar-refractivity contribution >= 4 is 40.1 Å². The Bertz CT molecular complexity index is 1540. The molecule has 3 fully saturated rings. The molecule has 7 rings (SSSR count). The number of aromatic amines is 1. The number of nitrogens with two attached hydrogens (primary N) is 1. The van der Waals surface area contributed by atoms with Gasteiger partial charge in [-0.15, -0.1) is 11.3 Å². The topological polar surface area (TPSA) is 147 Å². The van der Waals surface area contributed by atoms with Crippen LogP contribution in [0.25, 0.3) is 33.0 Å². The van der Waals surface area contributed by atoms with Crippen LogP contribution in [-0.4, -0.2) is 43.0 Å². The number of halogens is 2. The van der Waals surface area contributed by atoms with Gasteiger partial charge in [0.2, 0.25) is 0 Å². The molecule has 3 aliphatic rings. The molecule has 0 radical (unpaired) electrons. The van der Waals surface area contributed by atoms with Crippen molar-refractivity contribution in [1.82, 2.24) is 19.9 Å². The highest BCUT2D eigenvalue weighted by atomic mass is 32.1. The molecule has 0 aromatic carbocycles. The quantitative estimate of drug-likeness (QED) is 0.292. The normalized spacial score (nSPS) is 22.9. The number of nitrogens with one attached hydrogen (secondary N) is 2. The predicted molar refractivity (Wildman–Crippen MR) is 133 cm³/mol. The van der Waals surface area contributed by atoms with Gasteiger partial charge in [-0.2, -0.15) is 0 Å². The van der Waals surface area contributed by atoms with E-state index in [1.54, 1.807) is 12.3 Å². The van der Waals surface area contributed by atoms with E-state index in [1.165, 1.54) is 12.1 Å². The molecule has 5 N–H and O–H groups in total. The first-order chi connectivity index (χ1) is 17.8. The molecule has 12 heteroatoms. The van der Waals surface area contributed by atoms with E-state index in [2.05, 4.69) is 25.3 Å². The van der Waals surface area contributed by atoms with Crippen LogP contribution in [-0.2, 0) is 4.79 Å². The number of rotatable bonds is 6. The number of thiophene rings is 1. The maximum Gasteiger partial charge on any atom is 0.308 e. The fraction of sp³-hybridized carbons (Fsp3) is 0.320. The molecular formula is C25H22F2N6O3S. The molecule has 2 unspecified atom stereocenters. The van der Waals surface area contributed by atoms with E-state index in [0.29, 0.717) is 21.5 Å². The van der Waals surface area contributed by atoms with E-state index in [9.17, 15) is 19.1 Å². The van der Waals surface area contributed by atoms with E-state index in [-0.39, 0.29) is 34.0 Å². The zero-order valence-electron chi connectivity index (χ0n) is 19.4. The third-order valence-electron chi connectivity index (χ3n) is 7.48. The lowest BCUT2D eigenvalue weighted by Gasteiger charge is -2.47. The maximum absolute atomic E-state index is 16.0. The molecule has 0 spiro atoms. The van der Waals surface area contributed by atoms with Gasteiger partial charge in [0, 0.05) is 23.2 Å². The van der Waals surface area contributed by atoms with Gasteiger partial charge in [0.15, 0.2) is 17.5 Å². The number of primary amides is 1. The summed E-state index contributed by atoms with van der Waals surface area (Å²) in [6.45, 7) is 0. The highest BCUT2D eigenvalue weighted by Crippen LogP contribution is 2.47. The summed E-state index contributed by atoms with van der Waals surface area (Å²) < 4.78 is 30.0. The van der Waals surface area contributed by atoms with Crippen LogP contribution >= 0.6 is 11.3 Å². The van der Waals surface area contributed by atoms with Crippen molar-refractivity contribution in [3.8, 4) is 22.0 Å². The average molecular weight is 525 g/mol. The van der Waals surface area contributed by atoms with Crippen molar-refractivity contribution in [2.24, 2.45) is 23.5 Å². The van der Waals surface area contributed by atoms with Gasteiger partial charge >= 0.3 is 5.97 Å². The monoisotopic (exact) mass is 524 g/mol. The molecule has 1 amide bonds. The van der Waals surface area contributed by atoms with Crippen LogP contribution in [0.1, 0.15) is 35.4 Å². The number of amides is 1. The summed E-state index contributed by atoms with van der Waals surface area (Å²) in [4.78, 5) is 40.3. The van der Waals surface area contributed by atoms with Gasteiger partial charge in [-0.3, -0.25) is 9.59 Å². The van der Waals surface area contributed by atoms with Gasteiger partial charge in [0.25, 0.3) is 5.91 Å². The van der Waals surface area contributed by atoms with Gasteiger partial charge in [-0.1, -0.05) is 0 Å². The van der Waals surface area contributed by atoms with Crippen LogP contribution in [0.5, 0.6) is 0 Å². The van der Waals surface area contributed by atoms with Crippen LogP contribution < -0.4 is 11.1 Å². The number of carbonyl (C=O) groups is 2. The summed E-state index contributed by atoms with van der Waals surface area (Å²) in [7, 11) is 0. The lowest BCUT2D eigenvalue weighted by Crippen LogP contribution is -2.51. The number of fused-ring (bicyclic) bond motifs is 4. The summed E-state index contributed by atoms with van der Waals surface area (Å²) in [6, 6.07) is 3.82. The van der Waals surface area contributed by atoms with Gasteiger partial charge < -0.3 is 21.1 Å². The fourth-order valence-corrected chi connectivity index (χ4v) is 6.60. The second-order valence-corrected chi connectivity index (χ2v) is 10.6. The van der Waals surface area contributed by atoms with E-state index in [0.717, 1.165) is 43.2 Å². The number of carbonyl (C=O) groups excluding carboxylic acids is 1. The lowest BCUT2D eigenvalue weighted by molar-refractivity contribution is -0.148. The zero-order chi connectivity index (χ0) is 25.8. The Balaban J connectivity index is 1.50. The number of hydrogen-bond donors (Lipinski definition) is 4. The molecule has 0 aliphatic heterocycles. The van der Waals surface area contributed by atoms with Crippen molar-refractivity contribution in [2.45, 2.75) is 31.7 Å². The third kappa shape index (κ3) is 4.01. The van der Waals surface area contributed by atoms with Crippen molar-refractivity contribution in [2.75, 3.05) is 5.32 Å². The molecule has 4 aromatic heterocycles. The lowest BCUT2D eigenvalue weighted by atomic mass is 9.61. The van der Waals surface area contributed by atoms with E-state index in [4.69, 9.17) is 5.73 Å². The number of aliphatic carboxylic acids is 1. The second kappa shape index (κ2) is 8.87. The fourth-order valence-electron chi connectivity index (χ4n) is 5.76. The van der Waals surface area contributed by atoms with E-state index < -0.39 is 35.5 Å². The van der Waals surface area contributed by atoms with Crippen molar-refractivity contribution in [3.05, 3.63) is 47.1 Å². The molecule has 0 saturated heterocycles. The minimum Gasteiger partial charge on any atom is -0.481 e. The summed E-state index contributed by atoms with van der Waals surface area (Å²) in [6.07, 6.45) is 6.03. The summed E-state index contributed by atoms with van der Waals surface area (Å²) >= 11 is 0.986. The Morgan fingerprint density at radius 1 is 1.14 bits per heavy atom. The number of pyridine rings is 1. The molecular weight excluding hydrogens is 502 g/mol. The highest BCUT2D eigenvalue weighted by molar-refractivity contribution is 7.17. The SMILES string of the molecule is NC(=O)c1ccc(-c2nc(-c3c[nH]c4ncc(F)cc34)nc(NC3C4CCC(CC4)C3C(=O)O)c2F)s1. The Morgan fingerprint density at radius 3 is 2.59 bits per heavy atom. The number of carboxylic acids is 1. The van der Waals surface area contributed by atoms with Crippen LogP contribution in [0.15, 0.2) is 30.6 Å². The molecule has 2 bridgehead atoms. The third-order valence-corrected chi connectivity index (χ3v) is 8.59. The largest absolute Gasteiger partial charge is 0.481 e. The van der Waals surface area contributed by atoms with Crippen molar-refractivity contribution in [1.29, 1.82) is 0 Å². The first-order valence-electron chi connectivity index (χ1n) is 11.9. The smallest absolute Gasteiger partial charge is 0.308 e. The summed E-state index contributed by atoms with van der Waals surface area (Å²) in [5, 5.41) is 13.5. The standard InChI is InChI=1S/C25H22F2N6O3S/c26-12-7-13-14(9-30-22(13)29-8-12)23-32-20(15-5-6-16(37-15)21(28)34)18(27)24(33-23)31-19-11-3-1-10(2-4-11)17(19)25(35)36/h5-11,17,19H,1-4H2,(H2,28,34)(H,29,30)(H,35,36)(H,31,32,33). The molecule has 9 nitrogen and oxygen atoms in total. The van der Waals surface area contributed by atoms with Crippen LogP contribution in [0.4, 0.5) is 14.6 Å². The molecule has 3 aliphatic carbocycles. The summed E-state index contributed by atoms with van der Waals surface area (Å²) in [5.41, 5.74) is 6.12. The Hall–Kier alpha value is -3.93. The Kier molecular flexibility index (Phi) is 5.63. The number of nitrogens with zero attached hydrogens (tertiary/aromatic N) is 3. The van der Waals surface area contributed by atoms with Gasteiger partial charge in [0.1, 0.15) is 17.2 Å². The number of anilines is 1. The van der Waals surface area contributed by atoms with Crippen LogP contribution in [0.2, 0.25) is 0 Å². The van der Waals surface area contributed by atoms with Crippen LogP contribution in [0.3, 0.4) is 0 Å². The van der Waals surface area contributed by atoms with E-state index >= 15 is 4.39 Å². The van der Waals surface area contributed by atoms with Crippen LogP contribution in [0, 0.1) is 29.4 Å². The summed E-state index contributed by atoms with van der Waals surface area (Å²) in [5.74, 6) is -3.50. The number of aromatic nitrogens is 4. The zero-order valence-corrected chi connectivity index (χ0v) is 20.2. The Labute approximate surface area is 213 Å². The first kappa shape index (κ1) is 23.5. The molecule has 3 saturated carbocycles. The minimum atomic E-state index is -0.913. The number of hydrogen-bond acceptors (Lipinski definition) is 7. The average Bonchev–Trinajstić information content (AvgIpc) is 3.53. The molecule has 4 aromatic rings. The van der Waals surface area contributed by atoms with Gasteiger partial charge in [-0.25, -0.2) is 23.7 Å². The molecule has 4 heterocycles. The van der Waals surface area contributed by atoms with Gasteiger partial charge in [0.05, 0.1) is 21.9 Å². The van der Waals surface area contributed by atoms with E-state index in [1.807, 2.05) is 0 Å². The number of H-pyrrole nitrogens is 1. The first-order valence-corrected chi connectivity index (χ1v) is 12.7. The van der Waals surface area contributed by atoms with Crippen molar-refractivity contribution in [3.63, 3.8) is 0 Å². The van der Waals surface area contributed by atoms with Crippen molar-refractivity contribution < 1.29 is 23.5 Å². The second-order valence-electron chi connectivity index (χ2n) is 9.55. The number of carboxylic acid groups (broad SMARTS) is 1. The maximum atomic E-state index is 16.0. The molecule has 2 atom stereocenters. The van der Waals surface area contributed by atoms with Gasteiger partial charge in [-0.05, 0) is 55.7 Å². The molecule has 190 valence electrons. The molecule has 37 heavy (non-hydrogen) atoms. The minimum absolute atomic E-state index is 0.0157. The highest BCUT2D eigenvalue weighted by Gasteiger charge is 2.47.